The number of aryl methyl sites for hydroxylation is 2. The van der Waals surface area contributed by atoms with Gasteiger partial charge in [-0.2, -0.15) is 0 Å². The number of nitrogens with zero attached hydrogens (tertiary/aromatic N) is 7. The molecule has 2 aromatic rings. The normalized spacial score (nSPS) is 23.6. The Morgan fingerprint density at radius 2 is 2.00 bits per heavy atom. The average Bonchev–Trinajstić information content (AvgIpc) is 3.29. The Balaban J connectivity index is 1.44. The Kier molecular flexibility index (Phi) is 4.10. The molecule has 1 unspecified atom stereocenters. The average molecular weight is 381 g/mol. The number of amides is 1. The van der Waals surface area contributed by atoms with Gasteiger partial charge in [0.15, 0.2) is 0 Å². The summed E-state index contributed by atoms with van der Waals surface area (Å²) in [5, 5.41) is 8.53. The molecule has 1 aliphatic carbocycles. The Bertz CT molecular complexity index is 917. The second-order valence-electron chi connectivity index (χ2n) is 8.60. The van der Waals surface area contributed by atoms with Crippen molar-refractivity contribution in [2.24, 2.45) is 0 Å². The predicted octanol–water partition coefficient (Wildman–Crippen LogP) is 1.59. The molecule has 5 rings (SSSR count). The van der Waals surface area contributed by atoms with Crippen molar-refractivity contribution in [1.29, 1.82) is 0 Å². The van der Waals surface area contributed by atoms with Gasteiger partial charge in [-0.1, -0.05) is 0 Å². The molecule has 2 aromatic heterocycles. The number of anilines is 1. The lowest BCUT2D eigenvalue weighted by atomic mass is 9.77. The first-order valence-corrected chi connectivity index (χ1v) is 10.3. The second-order valence-corrected chi connectivity index (χ2v) is 8.60. The quantitative estimate of drug-likeness (QED) is 0.786. The highest BCUT2D eigenvalue weighted by molar-refractivity contribution is 5.91. The molecule has 1 spiro atoms. The summed E-state index contributed by atoms with van der Waals surface area (Å²) in [6.07, 6.45) is 9.21. The van der Waals surface area contributed by atoms with Crippen LogP contribution in [0.1, 0.15) is 59.8 Å². The summed E-state index contributed by atoms with van der Waals surface area (Å²) >= 11 is 0. The molecule has 0 radical (unpaired) electrons. The van der Waals surface area contributed by atoms with Crippen molar-refractivity contribution in [2.45, 2.75) is 56.9 Å². The lowest BCUT2D eigenvalue weighted by Gasteiger charge is -2.40. The lowest BCUT2D eigenvalue weighted by Crippen LogP contribution is -2.48. The summed E-state index contributed by atoms with van der Waals surface area (Å²) in [5.41, 5.74) is 2.33. The number of carbonyl (C=O) groups excluding carboxylic acids is 1. The van der Waals surface area contributed by atoms with Crippen LogP contribution in [0.4, 0.5) is 5.95 Å². The van der Waals surface area contributed by atoms with Gasteiger partial charge in [-0.05, 0) is 44.1 Å². The smallest absolute Gasteiger partial charge is 0.291 e. The van der Waals surface area contributed by atoms with Gasteiger partial charge in [0.1, 0.15) is 5.82 Å². The van der Waals surface area contributed by atoms with E-state index in [1.165, 1.54) is 5.56 Å². The van der Waals surface area contributed by atoms with E-state index in [1.807, 2.05) is 34.7 Å². The Morgan fingerprint density at radius 3 is 2.86 bits per heavy atom. The van der Waals surface area contributed by atoms with Crippen molar-refractivity contribution in [3.05, 3.63) is 29.1 Å². The topological polar surface area (TPSA) is 80.0 Å². The lowest BCUT2D eigenvalue weighted by molar-refractivity contribution is 0.0614. The molecule has 4 heterocycles. The molecule has 8 heteroatoms. The summed E-state index contributed by atoms with van der Waals surface area (Å²) in [5.74, 6) is 2.24. The van der Waals surface area contributed by atoms with Crippen LogP contribution in [0.3, 0.4) is 0 Å². The van der Waals surface area contributed by atoms with E-state index in [4.69, 9.17) is 4.98 Å². The van der Waals surface area contributed by atoms with Crippen LogP contribution >= 0.6 is 0 Å². The summed E-state index contributed by atoms with van der Waals surface area (Å²) in [7, 11) is 3.93. The van der Waals surface area contributed by atoms with Crippen LogP contribution in [-0.2, 0) is 24.8 Å². The highest BCUT2D eigenvalue weighted by Crippen LogP contribution is 2.44. The van der Waals surface area contributed by atoms with Gasteiger partial charge >= 0.3 is 0 Å². The van der Waals surface area contributed by atoms with E-state index in [2.05, 4.69) is 15.2 Å². The third-order valence-corrected chi connectivity index (χ3v) is 6.54. The molecule has 28 heavy (non-hydrogen) atoms. The molecule has 148 valence electrons. The van der Waals surface area contributed by atoms with Crippen molar-refractivity contribution < 1.29 is 4.79 Å². The minimum absolute atomic E-state index is 0.0232. The van der Waals surface area contributed by atoms with Crippen molar-refractivity contribution in [3.63, 3.8) is 0 Å². The summed E-state index contributed by atoms with van der Waals surface area (Å²) in [6.45, 7) is 2.35. The van der Waals surface area contributed by atoms with E-state index in [0.29, 0.717) is 12.4 Å². The van der Waals surface area contributed by atoms with Gasteiger partial charge in [0.05, 0.1) is 5.69 Å². The largest absolute Gasteiger partial charge is 0.347 e. The molecule has 1 saturated heterocycles. The molecular formula is C20H27N7O. The number of piperidine rings is 1. The van der Waals surface area contributed by atoms with Crippen molar-refractivity contribution >= 4 is 11.9 Å². The van der Waals surface area contributed by atoms with Crippen molar-refractivity contribution in [3.8, 4) is 0 Å². The fraction of sp³-hybridized carbons (Fsp3) is 0.650. The van der Waals surface area contributed by atoms with Crippen LogP contribution in [-0.4, -0.2) is 62.7 Å². The first-order valence-electron chi connectivity index (χ1n) is 10.3. The van der Waals surface area contributed by atoms with E-state index in [0.717, 1.165) is 75.5 Å². The maximum absolute atomic E-state index is 13.3. The predicted molar refractivity (Wildman–Crippen MR) is 104 cm³/mol. The molecule has 0 aromatic carbocycles. The SMILES string of the molecule is CN(C)c1ncc2c(n1)C1(CCCN(C(=O)c3nnc4n3CCCC4)C1)CC2. The highest BCUT2D eigenvalue weighted by atomic mass is 16.2. The summed E-state index contributed by atoms with van der Waals surface area (Å²) in [4.78, 5) is 26.6. The van der Waals surface area contributed by atoms with E-state index in [-0.39, 0.29) is 11.3 Å². The van der Waals surface area contributed by atoms with Gasteiger partial charge in [-0.25, -0.2) is 9.97 Å². The third kappa shape index (κ3) is 2.69. The van der Waals surface area contributed by atoms with E-state index in [9.17, 15) is 4.79 Å². The highest BCUT2D eigenvalue weighted by Gasteiger charge is 2.45. The molecular weight excluding hydrogens is 354 g/mol. The Hall–Kier alpha value is -2.51. The van der Waals surface area contributed by atoms with Crippen LogP contribution in [0.15, 0.2) is 6.20 Å². The zero-order chi connectivity index (χ0) is 19.3. The number of aromatic nitrogens is 5. The zero-order valence-corrected chi connectivity index (χ0v) is 16.7. The first-order chi connectivity index (χ1) is 13.6. The molecule has 1 atom stereocenters. The molecule has 3 aliphatic rings. The Labute approximate surface area is 165 Å². The van der Waals surface area contributed by atoms with Crippen LogP contribution < -0.4 is 4.90 Å². The Morgan fingerprint density at radius 1 is 1.11 bits per heavy atom. The molecule has 1 amide bonds. The number of carbonyl (C=O) groups is 1. The number of rotatable bonds is 2. The minimum Gasteiger partial charge on any atom is -0.347 e. The van der Waals surface area contributed by atoms with E-state index < -0.39 is 0 Å². The molecule has 8 nitrogen and oxygen atoms in total. The van der Waals surface area contributed by atoms with Crippen LogP contribution in [0.5, 0.6) is 0 Å². The number of hydrogen-bond acceptors (Lipinski definition) is 6. The van der Waals surface area contributed by atoms with Gasteiger partial charge in [0, 0.05) is 51.8 Å². The third-order valence-electron chi connectivity index (χ3n) is 6.54. The standard InChI is InChI=1S/C20H27N7O/c1-25(2)19-21-12-14-7-9-20(16(14)22-19)8-5-10-26(13-20)18(28)17-24-23-15-6-3-4-11-27(15)17/h12H,3-11,13H2,1-2H3. The van der Waals surface area contributed by atoms with Gasteiger partial charge in [0.25, 0.3) is 5.91 Å². The van der Waals surface area contributed by atoms with Gasteiger partial charge in [-0.15, -0.1) is 10.2 Å². The second kappa shape index (κ2) is 6.53. The fourth-order valence-corrected chi connectivity index (χ4v) is 5.06. The number of hydrogen-bond donors (Lipinski definition) is 0. The molecule has 0 saturated carbocycles. The van der Waals surface area contributed by atoms with Crippen LogP contribution in [0.25, 0.3) is 0 Å². The van der Waals surface area contributed by atoms with Crippen LogP contribution in [0.2, 0.25) is 0 Å². The van der Waals surface area contributed by atoms with E-state index >= 15 is 0 Å². The molecule has 1 fully saturated rings. The first kappa shape index (κ1) is 17.6. The molecule has 0 N–H and O–H groups in total. The molecule has 0 bridgehead atoms. The minimum atomic E-state index is -0.0539. The van der Waals surface area contributed by atoms with E-state index in [1.54, 1.807) is 0 Å². The van der Waals surface area contributed by atoms with Crippen molar-refractivity contribution in [1.82, 2.24) is 29.6 Å². The molecule has 2 aliphatic heterocycles. The van der Waals surface area contributed by atoms with Crippen LogP contribution in [0, 0.1) is 0 Å². The number of fused-ring (bicyclic) bond motifs is 3. The van der Waals surface area contributed by atoms with Crippen molar-refractivity contribution in [2.75, 3.05) is 32.1 Å². The monoisotopic (exact) mass is 381 g/mol. The summed E-state index contributed by atoms with van der Waals surface area (Å²) < 4.78 is 2.03. The van der Waals surface area contributed by atoms with Gasteiger partial charge in [0.2, 0.25) is 11.8 Å². The van der Waals surface area contributed by atoms with Gasteiger partial charge < -0.3 is 14.4 Å². The zero-order valence-electron chi connectivity index (χ0n) is 16.7. The van der Waals surface area contributed by atoms with Gasteiger partial charge in [-0.3, -0.25) is 4.79 Å². The summed E-state index contributed by atoms with van der Waals surface area (Å²) in [6, 6.07) is 0. The maximum Gasteiger partial charge on any atom is 0.291 e. The fourth-order valence-electron chi connectivity index (χ4n) is 5.06. The maximum atomic E-state index is 13.3. The number of likely N-dealkylation sites (tertiary alicyclic amines) is 1.